The van der Waals surface area contributed by atoms with Crippen LogP contribution in [0.2, 0.25) is 0 Å². The van der Waals surface area contributed by atoms with Gasteiger partial charge in [-0.2, -0.15) is 0 Å². The summed E-state index contributed by atoms with van der Waals surface area (Å²) in [6, 6.07) is 18.4. The monoisotopic (exact) mass is 332 g/mol. The molecule has 4 rings (SSSR count). The Hall–Kier alpha value is -2.35. The van der Waals surface area contributed by atoms with E-state index in [1.165, 1.54) is 32.1 Å². The molecule has 0 amide bonds. The molecule has 0 saturated heterocycles. The summed E-state index contributed by atoms with van der Waals surface area (Å²) >= 11 is 0. The van der Waals surface area contributed by atoms with Gasteiger partial charge in [-0.1, -0.05) is 80.6 Å². The Balaban J connectivity index is 1.59. The van der Waals surface area contributed by atoms with E-state index >= 15 is 0 Å². The van der Waals surface area contributed by atoms with E-state index in [0.29, 0.717) is 18.1 Å². The molecule has 0 heterocycles. The summed E-state index contributed by atoms with van der Waals surface area (Å²) in [5.74, 6) is 1.31. The molecule has 1 aliphatic rings. The standard InChI is InChI=1S/C23H24O2/c24-22(15-14-17-8-2-1-3-9-17)25-23-20-12-6-4-10-18(20)16-19-11-5-7-13-21(19)23/h4-7,10-13,16-17H,1-3,8-9,14-15H2. The van der Waals surface area contributed by atoms with E-state index in [-0.39, 0.29) is 5.97 Å². The predicted octanol–water partition coefficient (Wildman–Crippen LogP) is 6.26. The van der Waals surface area contributed by atoms with E-state index in [0.717, 1.165) is 28.0 Å². The summed E-state index contributed by atoms with van der Waals surface area (Å²) in [6.45, 7) is 0. The average molecular weight is 332 g/mol. The van der Waals surface area contributed by atoms with Gasteiger partial charge in [-0.05, 0) is 29.2 Å². The molecule has 1 fully saturated rings. The fourth-order valence-corrected chi connectivity index (χ4v) is 4.04. The number of fused-ring (bicyclic) bond motifs is 2. The lowest BCUT2D eigenvalue weighted by Gasteiger charge is -2.21. The Kier molecular flexibility index (Phi) is 4.69. The third kappa shape index (κ3) is 3.53. The predicted molar refractivity (Wildman–Crippen MR) is 103 cm³/mol. The molecular weight excluding hydrogens is 308 g/mol. The van der Waals surface area contributed by atoms with Crippen LogP contribution in [0.5, 0.6) is 5.75 Å². The summed E-state index contributed by atoms with van der Waals surface area (Å²) in [4.78, 5) is 12.5. The zero-order valence-electron chi connectivity index (χ0n) is 14.5. The second-order valence-corrected chi connectivity index (χ2v) is 7.16. The van der Waals surface area contributed by atoms with E-state index < -0.39 is 0 Å². The van der Waals surface area contributed by atoms with Crippen LogP contribution in [0.3, 0.4) is 0 Å². The first-order valence-corrected chi connectivity index (χ1v) is 9.42. The van der Waals surface area contributed by atoms with Gasteiger partial charge in [-0.15, -0.1) is 0 Å². The third-order valence-electron chi connectivity index (χ3n) is 5.42. The quantitative estimate of drug-likeness (QED) is 0.320. The molecule has 25 heavy (non-hydrogen) atoms. The van der Waals surface area contributed by atoms with Crippen LogP contribution in [0, 0.1) is 5.92 Å². The van der Waals surface area contributed by atoms with Crippen molar-refractivity contribution in [3.05, 3.63) is 54.6 Å². The molecule has 0 aliphatic heterocycles. The topological polar surface area (TPSA) is 26.3 Å². The zero-order chi connectivity index (χ0) is 17.1. The maximum Gasteiger partial charge on any atom is 0.311 e. The van der Waals surface area contributed by atoms with E-state index in [1.54, 1.807) is 0 Å². The minimum atomic E-state index is -0.105. The third-order valence-corrected chi connectivity index (χ3v) is 5.42. The highest BCUT2D eigenvalue weighted by molar-refractivity contribution is 6.06. The fraction of sp³-hybridized carbons (Fsp3) is 0.348. The highest BCUT2D eigenvalue weighted by atomic mass is 16.5. The molecule has 1 aliphatic carbocycles. The molecule has 0 radical (unpaired) electrons. The molecule has 0 aromatic heterocycles. The second-order valence-electron chi connectivity index (χ2n) is 7.16. The second kappa shape index (κ2) is 7.26. The molecule has 2 nitrogen and oxygen atoms in total. The number of hydrogen-bond acceptors (Lipinski definition) is 2. The van der Waals surface area contributed by atoms with Crippen molar-refractivity contribution in [1.82, 2.24) is 0 Å². The molecule has 2 heteroatoms. The number of carbonyl (C=O) groups excluding carboxylic acids is 1. The first-order valence-electron chi connectivity index (χ1n) is 9.42. The van der Waals surface area contributed by atoms with Gasteiger partial charge < -0.3 is 4.74 Å². The number of ether oxygens (including phenoxy) is 1. The van der Waals surface area contributed by atoms with Gasteiger partial charge in [-0.25, -0.2) is 0 Å². The van der Waals surface area contributed by atoms with Crippen molar-refractivity contribution < 1.29 is 9.53 Å². The Bertz CT molecular complexity index is 837. The Morgan fingerprint density at radius 2 is 1.48 bits per heavy atom. The molecule has 0 bridgehead atoms. The number of benzene rings is 3. The van der Waals surface area contributed by atoms with E-state index in [2.05, 4.69) is 18.2 Å². The van der Waals surface area contributed by atoms with Crippen LogP contribution in [0.1, 0.15) is 44.9 Å². The lowest BCUT2D eigenvalue weighted by Crippen LogP contribution is -2.13. The largest absolute Gasteiger partial charge is 0.425 e. The minimum Gasteiger partial charge on any atom is -0.425 e. The summed E-state index contributed by atoms with van der Waals surface area (Å²) in [7, 11) is 0. The number of rotatable bonds is 4. The Labute approximate surface area is 148 Å². The maximum atomic E-state index is 12.5. The van der Waals surface area contributed by atoms with Crippen molar-refractivity contribution in [2.45, 2.75) is 44.9 Å². The zero-order valence-corrected chi connectivity index (χ0v) is 14.5. The van der Waals surface area contributed by atoms with Crippen molar-refractivity contribution in [2.24, 2.45) is 5.92 Å². The Morgan fingerprint density at radius 3 is 2.12 bits per heavy atom. The Morgan fingerprint density at radius 1 is 0.880 bits per heavy atom. The van der Waals surface area contributed by atoms with Crippen molar-refractivity contribution in [2.75, 3.05) is 0 Å². The smallest absolute Gasteiger partial charge is 0.311 e. The van der Waals surface area contributed by atoms with Crippen molar-refractivity contribution >= 4 is 27.5 Å². The van der Waals surface area contributed by atoms with Gasteiger partial charge in [0.2, 0.25) is 0 Å². The van der Waals surface area contributed by atoms with Crippen LogP contribution < -0.4 is 4.74 Å². The van der Waals surface area contributed by atoms with Crippen LogP contribution in [-0.4, -0.2) is 5.97 Å². The van der Waals surface area contributed by atoms with E-state index in [1.807, 2.05) is 36.4 Å². The lowest BCUT2D eigenvalue weighted by molar-refractivity contribution is -0.134. The molecule has 3 aromatic carbocycles. The van der Waals surface area contributed by atoms with Gasteiger partial charge in [-0.3, -0.25) is 4.79 Å². The van der Waals surface area contributed by atoms with Crippen molar-refractivity contribution in [3.8, 4) is 5.75 Å². The van der Waals surface area contributed by atoms with Crippen LogP contribution in [0.15, 0.2) is 54.6 Å². The highest BCUT2D eigenvalue weighted by Crippen LogP contribution is 2.35. The molecule has 0 N–H and O–H groups in total. The van der Waals surface area contributed by atoms with Crippen molar-refractivity contribution in [1.29, 1.82) is 0 Å². The summed E-state index contributed by atoms with van der Waals surface area (Å²) in [6.07, 6.45) is 7.99. The number of hydrogen-bond donors (Lipinski definition) is 0. The van der Waals surface area contributed by atoms with Crippen molar-refractivity contribution in [3.63, 3.8) is 0 Å². The highest BCUT2D eigenvalue weighted by Gasteiger charge is 2.17. The molecule has 0 spiro atoms. The first kappa shape index (κ1) is 16.1. The van der Waals surface area contributed by atoms with Gasteiger partial charge in [0.1, 0.15) is 5.75 Å². The normalized spacial score (nSPS) is 15.5. The SMILES string of the molecule is O=C(CCC1CCCCC1)Oc1c2ccccc2cc2ccccc12. The molecule has 0 atom stereocenters. The van der Waals surface area contributed by atoms with E-state index in [4.69, 9.17) is 4.74 Å². The molecule has 1 saturated carbocycles. The molecule has 128 valence electrons. The lowest BCUT2D eigenvalue weighted by atomic mass is 9.86. The molecule has 3 aromatic rings. The number of esters is 1. The summed E-state index contributed by atoms with van der Waals surface area (Å²) in [5, 5.41) is 4.23. The van der Waals surface area contributed by atoms with Crippen LogP contribution in [-0.2, 0) is 4.79 Å². The molecule has 0 unspecified atom stereocenters. The van der Waals surface area contributed by atoms with Gasteiger partial charge in [0.25, 0.3) is 0 Å². The van der Waals surface area contributed by atoms with Crippen LogP contribution in [0.4, 0.5) is 0 Å². The van der Waals surface area contributed by atoms with Gasteiger partial charge in [0, 0.05) is 17.2 Å². The van der Waals surface area contributed by atoms with Crippen LogP contribution >= 0.6 is 0 Å². The fourth-order valence-electron chi connectivity index (χ4n) is 4.04. The van der Waals surface area contributed by atoms with Gasteiger partial charge in [0.15, 0.2) is 0 Å². The molecular formula is C23H24O2. The van der Waals surface area contributed by atoms with Gasteiger partial charge in [0.05, 0.1) is 0 Å². The summed E-state index contributed by atoms with van der Waals surface area (Å²) in [5.41, 5.74) is 0. The van der Waals surface area contributed by atoms with Crippen LogP contribution in [0.25, 0.3) is 21.5 Å². The number of carbonyl (C=O) groups is 1. The maximum absolute atomic E-state index is 12.5. The average Bonchev–Trinajstić information content (AvgIpc) is 2.67. The minimum absolute atomic E-state index is 0.105. The first-order chi connectivity index (χ1) is 12.3. The van der Waals surface area contributed by atoms with E-state index in [9.17, 15) is 4.79 Å². The van der Waals surface area contributed by atoms with Gasteiger partial charge >= 0.3 is 5.97 Å². The summed E-state index contributed by atoms with van der Waals surface area (Å²) < 4.78 is 5.89.